The number of benzene rings is 2. The molecule has 0 saturated carbocycles. The predicted octanol–water partition coefficient (Wildman–Crippen LogP) is 3.27. The van der Waals surface area contributed by atoms with Gasteiger partial charge in [-0.2, -0.15) is 0 Å². The molecule has 1 amide bonds. The van der Waals surface area contributed by atoms with Crippen LogP contribution >= 0.6 is 12.4 Å². The topological polar surface area (TPSA) is 75.3 Å². The molecule has 0 saturated heterocycles. The van der Waals surface area contributed by atoms with Gasteiger partial charge in [-0.3, -0.25) is 4.79 Å². The maximum atomic E-state index is 12.9. The third-order valence-electron chi connectivity index (χ3n) is 3.87. The Labute approximate surface area is 153 Å². The van der Waals surface area contributed by atoms with Crippen LogP contribution in [0.5, 0.6) is 0 Å². The number of halogens is 2. The van der Waals surface area contributed by atoms with E-state index in [0.717, 1.165) is 5.56 Å². The molecule has 2 aromatic rings. The fourth-order valence-corrected chi connectivity index (χ4v) is 2.57. The summed E-state index contributed by atoms with van der Waals surface area (Å²) < 4.78 is 12.9. The molecule has 2 aromatic carbocycles. The fraction of sp³-hybridized carbons (Fsp3) is 0.316. The quantitative estimate of drug-likeness (QED) is 0.704. The molecule has 0 radical (unpaired) electrons. The van der Waals surface area contributed by atoms with Crippen molar-refractivity contribution in [3.63, 3.8) is 0 Å². The lowest BCUT2D eigenvalue weighted by Crippen LogP contribution is -2.35. The number of carbonyl (C=O) groups excluding carboxylic acids is 1. The second-order valence-electron chi connectivity index (χ2n) is 5.99. The number of nitrogens with two attached hydrogens (primary N) is 1. The van der Waals surface area contributed by atoms with Crippen LogP contribution < -0.4 is 11.1 Å². The number of aliphatic hydroxyl groups is 1. The van der Waals surface area contributed by atoms with Gasteiger partial charge >= 0.3 is 0 Å². The standard InChI is InChI=1S/C19H23FN2O2.ClH/c1-13(11-18(23)15-7-9-16(20)10-8-15)22-19(24)12-17(21)14-5-3-2-4-6-14;/h2-10,13,17-18,23H,11-12,21H2,1H3,(H,22,24);1H. The zero-order chi connectivity index (χ0) is 17.5. The van der Waals surface area contributed by atoms with Crippen LogP contribution in [0, 0.1) is 5.82 Å². The van der Waals surface area contributed by atoms with Crippen molar-refractivity contribution in [1.29, 1.82) is 0 Å². The summed E-state index contributed by atoms with van der Waals surface area (Å²) in [4.78, 5) is 12.1. The molecular weight excluding hydrogens is 343 g/mol. The molecule has 0 aromatic heterocycles. The average Bonchev–Trinajstić information content (AvgIpc) is 2.55. The van der Waals surface area contributed by atoms with E-state index >= 15 is 0 Å². The van der Waals surface area contributed by atoms with Gasteiger partial charge in [0.15, 0.2) is 0 Å². The van der Waals surface area contributed by atoms with Crippen molar-refractivity contribution >= 4 is 18.3 Å². The van der Waals surface area contributed by atoms with E-state index in [-0.39, 0.29) is 42.6 Å². The Bertz CT molecular complexity index is 652. The first-order valence-electron chi connectivity index (χ1n) is 7.99. The molecule has 4 nitrogen and oxygen atoms in total. The van der Waals surface area contributed by atoms with E-state index in [9.17, 15) is 14.3 Å². The molecule has 3 atom stereocenters. The van der Waals surface area contributed by atoms with Gasteiger partial charge in [0.25, 0.3) is 0 Å². The van der Waals surface area contributed by atoms with E-state index in [4.69, 9.17) is 5.73 Å². The summed E-state index contributed by atoms with van der Waals surface area (Å²) in [6, 6.07) is 14.6. The number of aliphatic hydroxyl groups excluding tert-OH is 1. The van der Waals surface area contributed by atoms with E-state index in [1.54, 1.807) is 12.1 Å². The molecule has 0 bridgehead atoms. The van der Waals surface area contributed by atoms with Gasteiger partial charge in [-0.25, -0.2) is 4.39 Å². The average molecular weight is 367 g/mol. The normalized spacial score (nSPS) is 14.1. The molecule has 3 unspecified atom stereocenters. The molecule has 4 N–H and O–H groups in total. The molecule has 0 fully saturated rings. The zero-order valence-electron chi connectivity index (χ0n) is 14.1. The largest absolute Gasteiger partial charge is 0.388 e. The lowest BCUT2D eigenvalue weighted by Gasteiger charge is -2.19. The Morgan fingerprint density at radius 2 is 1.72 bits per heavy atom. The smallest absolute Gasteiger partial charge is 0.222 e. The van der Waals surface area contributed by atoms with Crippen LogP contribution in [-0.4, -0.2) is 17.1 Å². The number of hydrogen-bond acceptors (Lipinski definition) is 3. The highest BCUT2D eigenvalue weighted by atomic mass is 35.5. The minimum Gasteiger partial charge on any atom is -0.388 e. The van der Waals surface area contributed by atoms with E-state index in [1.807, 2.05) is 37.3 Å². The van der Waals surface area contributed by atoms with Crippen molar-refractivity contribution in [2.75, 3.05) is 0 Å². The molecule has 0 spiro atoms. The summed E-state index contributed by atoms with van der Waals surface area (Å²) in [6.07, 6.45) is -0.234. The maximum Gasteiger partial charge on any atom is 0.222 e. The molecule has 2 rings (SSSR count). The van der Waals surface area contributed by atoms with E-state index in [0.29, 0.717) is 12.0 Å². The number of hydrogen-bond donors (Lipinski definition) is 3. The highest BCUT2D eigenvalue weighted by Gasteiger charge is 2.17. The highest BCUT2D eigenvalue weighted by Crippen LogP contribution is 2.19. The summed E-state index contributed by atoms with van der Waals surface area (Å²) in [6.45, 7) is 1.82. The lowest BCUT2D eigenvalue weighted by atomic mass is 10.0. The monoisotopic (exact) mass is 366 g/mol. The first-order valence-corrected chi connectivity index (χ1v) is 7.99. The van der Waals surface area contributed by atoms with Gasteiger partial charge in [0, 0.05) is 18.5 Å². The van der Waals surface area contributed by atoms with Gasteiger partial charge in [-0.15, -0.1) is 12.4 Å². The maximum absolute atomic E-state index is 12.9. The lowest BCUT2D eigenvalue weighted by molar-refractivity contribution is -0.122. The fourth-order valence-electron chi connectivity index (χ4n) is 2.57. The first-order chi connectivity index (χ1) is 11.5. The Kier molecular flexibility index (Phi) is 8.55. The first kappa shape index (κ1) is 21.1. The summed E-state index contributed by atoms with van der Waals surface area (Å²) >= 11 is 0. The number of amides is 1. The molecular formula is C19H24ClFN2O2. The van der Waals surface area contributed by atoms with Gasteiger partial charge in [-0.1, -0.05) is 42.5 Å². The van der Waals surface area contributed by atoms with Crippen LogP contribution in [0.15, 0.2) is 54.6 Å². The van der Waals surface area contributed by atoms with E-state index in [2.05, 4.69) is 5.32 Å². The van der Waals surface area contributed by atoms with Crippen molar-refractivity contribution in [1.82, 2.24) is 5.32 Å². The molecule has 0 heterocycles. The van der Waals surface area contributed by atoms with Crippen LogP contribution in [0.2, 0.25) is 0 Å². The van der Waals surface area contributed by atoms with Crippen molar-refractivity contribution in [3.8, 4) is 0 Å². The van der Waals surface area contributed by atoms with Crippen molar-refractivity contribution in [3.05, 3.63) is 71.5 Å². The van der Waals surface area contributed by atoms with Crippen LogP contribution in [0.25, 0.3) is 0 Å². The third kappa shape index (κ3) is 6.82. The van der Waals surface area contributed by atoms with Crippen LogP contribution in [0.1, 0.15) is 43.0 Å². The molecule has 136 valence electrons. The van der Waals surface area contributed by atoms with E-state index < -0.39 is 6.10 Å². The molecule has 0 aliphatic rings. The van der Waals surface area contributed by atoms with Crippen LogP contribution in [0.4, 0.5) is 4.39 Å². The highest BCUT2D eigenvalue weighted by molar-refractivity contribution is 5.85. The minimum absolute atomic E-state index is 0. The molecule has 25 heavy (non-hydrogen) atoms. The van der Waals surface area contributed by atoms with Crippen molar-refractivity contribution < 1.29 is 14.3 Å². The van der Waals surface area contributed by atoms with Crippen LogP contribution in [-0.2, 0) is 4.79 Å². The second-order valence-corrected chi connectivity index (χ2v) is 5.99. The Morgan fingerprint density at radius 3 is 2.32 bits per heavy atom. The SMILES string of the molecule is CC(CC(O)c1ccc(F)cc1)NC(=O)CC(N)c1ccccc1.Cl. The van der Waals surface area contributed by atoms with Crippen molar-refractivity contribution in [2.24, 2.45) is 5.73 Å². The summed E-state index contributed by atoms with van der Waals surface area (Å²) in [5.74, 6) is -0.507. The Hall–Kier alpha value is -1.95. The third-order valence-corrected chi connectivity index (χ3v) is 3.87. The van der Waals surface area contributed by atoms with E-state index in [1.165, 1.54) is 12.1 Å². The summed E-state index contributed by atoms with van der Waals surface area (Å²) in [7, 11) is 0. The Morgan fingerprint density at radius 1 is 1.12 bits per heavy atom. The number of carbonyl (C=O) groups is 1. The number of rotatable bonds is 7. The van der Waals surface area contributed by atoms with Gasteiger partial charge in [-0.05, 0) is 36.6 Å². The zero-order valence-corrected chi connectivity index (χ0v) is 14.9. The Balaban J connectivity index is 0.00000312. The number of nitrogens with one attached hydrogen (secondary N) is 1. The van der Waals surface area contributed by atoms with Crippen LogP contribution in [0.3, 0.4) is 0 Å². The second kappa shape index (κ2) is 10.1. The molecule has 6 heteroatoms. The molecule has 0 aliphatic heterocycles. The summed E-state index contributed by atoms with van der Waals surface area (Å²) in [5, 5.41) is 13.0. The minimum atomic E-state index is -0.760. The van der Waals surface area contributed by atoms with Crippen molar-refractivity contribution in [2.45, 2.75) is 38.0 Å². The van der Waals surface area contributed by atoms with Gasteiger partial charge in [0.2, 0.25) is 5.91 Å². The van der Waals surface area contributed by atoms with Gasteiger partial charge < -0.3 is 16.2 Å². The van der Waals surface area contributed by atoms with Gasteiger partial charge in [0.1, 0.15) is 5.82 Å². The van der Waals surface area contributed by atoms with Gasteiger partial charge in [0.05, 0.1) is 6.10 Å². The molecule has 0 aliphatic carbocycles. The predicted molar refractivity (Wildman–Crippen MR) is 98.8 cm³/mol. The summed E-state index contributed by atoms with van der Waals surface area (Å²) in [5.41, 5.74) is 7.56.